The van der Waals surface area contributed by atoms with Crippen LogP contribution in [0.5, 0.6) is 11.5 Å². The zero-order valence-electron chi connectivity index (χ0n) is 16.6. The second-order valence-electron chi connectivity index (χ2n) is 7.40. The molecule has 0 aromatic heterocycles. The number of carbonyl (C=O) groups is 1. The summed E-state index contributed by atoms with van der Waals surface area (Å²) in [5.41, 5.74) is 0. The Hall–Kier alpha value is -2.64. The number of carbonyl (C=O) groups excluding carboxylic acids is 1. The van der Waals surface area contributed by atoms with Crippen LogP contribution in [0.3, 0.4) is 0 Å². The Kier molecular flexibility index (Phi) is 6.39. The zero-order chi connectivity index (χ0) is 21.0. The highest BCUT2D eigenvalue weighted by molar-refractivity contribution is 7.89. The van der Waals surface area contributed by atoms with Gasteiger partial charge in [0.1, 0.15) is 11.5 Å². The molecule has 1 N–H and O–H groups in total. The summed E-state index contributed by atoms with van der Waals surface area (Å²) in [5.74, 6) is 0.993. The van der Waals surface area contributed by atoms with E-state index in [1.165, 1.54) is 10.4 Å². The lowest BCUT2D eigenvalue weighted by Crippen LogP contribution is -2.55. The summed E-state index contributed by atoms with van der Waals surface area (Å²) in [4.78, 5) is 11.9. The molecule has 29 heavy (non-hydrogen) atoms. The van der Waals surface area contributed by atoms with Gasteiger partial charge in [0.2, 0.25) is 15.9 Å². The molecule has 1 aliphatic heterocycles. The number of nitrogens with zero attached hydrogens (tertiary/aromatic N) is 1. The molecule has 0 bridgehead atoms. The van der Waals surface area contributed by atoms with Crippen molar-refractivity contribution in [2.24, 2.45) is 11.8 Å². The molecule has 1 saturated heterocycles. The number of sulfonamides is 1. The highest BCUT2D eigenvalue weighted by Crippen LogP contribution is 2.29. The van der Waals surface area contributed by atoms with Crippen LogP contribution >= 0.6 is 0 Å². The van der Waals surface area contributed by atoms with E-state index in [0.29, 0.717) is 24.6 Å². The summed E-state index contributed by atoms with van der Waals surface area (Å²) in [7, 11) is -3.63. The lowest BCUT2D eigenvalue weighted by molar-refractivity contribution is -0.118. The van der Waals surface area contributed by atoms with Crippen LogP contribution < -0.4 is 10.1 Å². The van der Waals surface area contributed by atoms with Crippen molar-refractivity contribution < 1.29 is 17.9 Å². The summed E-state index contributed by atoms with van der Waals surface area (Å²) in [6, 6.07) is 15.7. The Balaban J connectivity index is 1.72. The lowest BCUT2D eigenvalue weighted by Gasteiger charge is -2.40. The van der Waals surface area contributed by atoms with Crippen molar-refractivity contribution in [1.82, 2.24) is 9.62 Å². The Morgan fingerprint density at radius 3 is 2.14 bits per heavy atom. The van der Waals surface area contributed by atoms with E-state index < -0.39 is 10.0 Å². The maximum Gasteiger partial charge on any atom is 0.243 e. The van der Waals surface area contributed by atoms with E-state index in [4.69, 9.17) is 4.74 Å². The maximum absolute atomic E-state index is 13.1. The number of hydrogen-bond donors (Lipinski definition) is 1. The van der Waals surface area contributed by atoms with Gasteiger partial charge >= 0.3 is 0 Å². The molecule has 2 atom stereocenters. The van der Waals surface area contributed by atoms with Crippen LogP contribution in [0, 0.1) is 11.8 Å². The molecule has 1 fully saturated rings. The van der Waals surface area contributed by atoms with Gasteiger partial charge in [-0.3, -0.25) is 4.79 Å². The molecule has 0 saturated carbocycles. The lowest BCUT2D eigenvalue weighted by atomic mass is 9.87. The van der Waals surface area contributed by atoms with Crippen LogP contribution in [0.25, 0.3) is 0 Å². The molecule has 1 heterocycles. The first-order chi connectivity index (χ1) is 13.8. The third-order valence-electron chi connectivity index (χ3n) is 5.14. The van der Waals surface area contributed by atoms with Gasteiger partial charge in [0.25, 0.3) is 0 Å². The number of nitrogens with one attached hydrogen (secondary N) is 1. The van der Waals surface area contributed by atoms with Crippen molar-refractivity contribution >= 4 is 15.9 Å². The van der Waals surface area contributed by atoms with Gasteiger partial charge < -0.3 is 10.1 Å². The van der Waals surface area contributed by atoms with Crippen molar-refractivity contribution in [1.29, 1.82) is 0 Å². The standard InChI is InChI=1S/C22H26N2O4S/c1-4-21(25)23-22-16(2)14-24(15-17(22)3)29(26,27)20-12-10-19(11-13-20)28-18-8-6-5-7-9-18/h4-13,16-17,22H,1,14-15H2,2-3H3,(H,23,25). The number of benzene rings is 2. The minimum absolute atomic E-state index is 0.0156. The SMILES string of the molecule is C=CC(=O)NC1C(C)CN(S(=O)(=O)c2ccc(Oc3ccccc3)cc2)CC1C. The van der Waals surface area contributed by atoms with Crippen molar-refractivity contribution in [3.8, 4) is 11.5 Å². The molecular formula is C22H26N2O4S. The Morgan fingerprint density at radius 1 is 1.03 bits per heavy atom. The van der Waals surface area contributed by atoms with Crippen molar-refractivity contribution in [3.05, 3.63) is 67.3 Å². The van der Waals surface area contributed by atoms with Gasteiger partial charge in [-0.1, -0.05) is 38.6 Å². The summed E-state index contributed by atoms with van der Waals surface area (Å²) in [5, 5.41) is 2.92. The molecule has 2 aromatic carbocycles. The van der Waals surface area contributed by atoms with E-state index in [2.05, 4.69) is 11.9 Å². The Morgan fingerprint density at radius 2 is 1.59 bits per heavy atom. The van der Waals surface area contributed by atoms with Crippen molar-refractivity contribution in [3.63, 3.8) is 0 Å². The number of hydrogen-bond acceptors (Lipinski definition) is 4. The summed E-state index contributed by atoms with van der Waals surface area (Å²) in [6.07, 6.45) is 1.24. The quantitative estimate of drug-likeness (QED) is 0.735. The molecule has 7 heteroatoms. The largest absolute Gasteiger partial charge is 0.457 e. The third kappa shape index (κ3) is 4.86. The van der Waals surface area contributed by atoms with Crippen LogP contribution in [0.15, 0.2) is 72.1 Å². The number of rotatable bonds is 6. The van der Waals surface area contributed by atoms with Gasteiger partial charge in [0.05, 0.1) is 4.90 Å². The predicted molar refractivity (Wildman–Crippen MR) is 112 cm³/mol. The first kappa shape index (κ1) is 21.1. The summed E-state index contributed by atoms with van der Waals surface area (Å²) < 4.78 is 33.5. The van der Waals surface area contributed by atoms with Crippen molar-refractivity contribution in [2.75, 3.05) is 13.1 Å². The molecule has 1 aliphatic rings. The maximum atomic E-state index is 13.1. The first-order valence-corrected chi connectivity index (χ1v) is 11.0. The van der Waals surface area contributed by atoms with E-state index >= 15 is 0 Å². The van der Waals surface area contributed by atoms with Crippen LogP contribution in [0.2, 0.25) is 0 Å². The topological polar surface area (TPSA) is 75.7 Å². The normalized spacial score (nSPS) is 22.6. The molecule has 0 radical (unpaired) electrons. The Bertz CT molecular complexity index is 946. The summed E-state index contributed by atoms with van der Waals surface area (Å²) in [6.45, 7) is 8.06. The van der Waals surface area contributed by atoms with Crippen LogP contribution in [-0.2, 0) is 14.8 Å². The predicted octanol–water partition coefficient (Wildman–Crippen LogP) is 3.43. The fourth-order valence-electron chi connectivity index (χ4n) is 3.66. The van der Waals surface area contributed by atoms with Gasteiger partial charge in [-0.15, -0.1) is 0 Å². The molecule has 1 amide bonds. The molecule has 154 valence electrons. The fourth-order valence-corrected chi connectivity index (χ4v) is 5.30. The monoisotopic (exact) mass is 414 g/mol. The fraction of sp³-hybridized carbons (Fsp3) is 0.318. The van der Waals surface area contributed by atoms with Gasteiger partial charge in [0.15, 0.2) is 0 Å². The molecule has 6 nitrogen and oxygen atoms in total. The van der Waals surface area contributed by atoms with E-state index in [1.807, 2.05) is 44.2 Å². The van der Waals surface area contributed by atoms with Gasteiger partial charge in [0, 0.05) is 19.1 Å². The number of piperidine rings is 1. The number of ether oxygens (including phenoxy) is 1. The average molecular weight is 415 g/mol. The highest BCUT2D eigenvalue weighted by atomic mass is 32.2. The van der Waals surface area contributed by atoms with Gasteiger partial charge in [-0.2, -0.15) is 4.31 Å². The molecule has 0 spiro atoms. The van der Waals surface area contributed by atoms with E-state index in [9.17, 15) is 13.2 Å². The molecule has 2 unspecified atom stereocenters. The van der Waals surface area contributed by atoms with Crippen LogP contribution in [0.4, 0.5) is 0 Å². The van der Waals surface area contributed by atoms with Crippen molar-refractivity contribution in [2.45, 2.75) is 24.8 Å². The smallest absolute Gasteiger partial charge is 0.243 e. The third-order valence-corrected chi connectivity index (χ3v) is 6.99. The number of amides is 1. The van der Waals surface area contributed by atoms with E-state index in [1.54, 1.807) is 24.3 Å². The zero-order valence-corrected chi connectivity index (χ0v) is 17.4. The van der Waals surface area contributed by atoms with E-state index in [0.717, 1.165) is 0 Å². The molecule has 2 aromatic rings. The van der Waals surface area contributed by atoms with Crippen LogP contribution in [0.1, 0.15) is 13.8 Å². The minimum Gasteiger partial charge on any atom is -0.457 e. The Labute approximate surface area is 172 Å². The molecule has 3 rings (SSSR count). The van der Waals surface area contributed by atoms with E-state index in [-0.39, 0.29) is 28.7 Å². The summed E-state index contributed by atoms with van der Waals surface area (Å²) >= 11 is 0. The molecular weight excluding hydrogens is 388 g/mol. The van der Waals surface area contributed by atoms with Crippen LogP contribution in [-0.4, -0.2) is 37.8 Å². The highest BCUT2D eigenvalue weighted by Gasteiger charge is 2.38. The van der Waals surface area contributed by atoms with Gasteiger partial charge in [-0.05, 0) is 54.3 Å². The molecule has 0 aliphatic carbocycles. The van der Waals surface area contributed by atoms with Gasteiger partial charge in [-0.25, -0.2) is 8.42 Å². The second kappa shape index (κ2) is 8.80. The minimum atomic E-state index is -3.63. The number of para-hydroxylation sites is 1. The first-order valence-electron chi connectivity index (χ1n) is 9.57. The average Bonchev–Trinajstić information content (AvgIpc) is 2.71. The second-order valence-corrected chi connectivity index (χ2v) is 9.34.